The van der Waals surface area contributed by atoms with Crippen LogP contribution in [0.1, 0.15) is 19.7 Å². The lowest BCUT2D eigenvalue weighted by atomic mass is 10.2. The van der Waals surface area contributed by atoms with E-state index in [2.05, 4.69) is 25.7 Å². The molecule has 0 saturated carbocycles. The van der Waals surface area contributed by atoms with Gasteiger partial charge in [0.1, 0.15) is 18.7 Å². The van der Waals surface area contributed by atoms with E-state index in [4.69, 9.17) is 9.47 Å². The van der Waals surface area contributed by atoms with Crippen molar-refractivity contribution in [3.05, 3.63) is 30.4 Å². The highest BCUT2D eigenvalue weighted by molar-refractivity contribution is 14.0. The number of hydrogen-bond acceptors (Lipinski definition) is 5. The van der Waals surface area contributed by atoms with Gasteiger partial charge >= 0.3 is 0 Å². The zero-order valence-corrected chi connectivity index (χ0v) is 17.3. The molecule has 0 bridgehead atoms. The van der Waals surface area contributed by atoms with Gasteiger partial charge in [0, 0.05) is 25.3 Å². The summed E-state index contributed by atoms with van der Waals surface area (Å²) in [7, 11) is 3.47. The molecule has 25 heavy (non-hydrogen) atoms. The Balaban J connectivity index is 0.00000312. The number of guanidine groups is 1. The number of aliphatic imine (C=N–C) groups is 1. The Labute approximate surface area is 165 Å². The van der Waals surface area contributed by atoms with E-state index >= 15 is 0 Å². The Hall–Kier alpha value is -2.04. The molecule has 2 rings (SSSR count). The lowest BCUT2D eigenvalue weighted by Gasteiger charge is -2.14. The van der Waals surface area contributed by atoms with Crippen LogP contribution in [-0.2, 0) is 13.6 Å². The molecular weight excluding hydrogens is 435 g/mol. The second-order valence-corrected chi connectivity index (χ2v) is 4.92. The fourth-order valence-electron chi connectivity index (χ4n) is 2.08. The maximum atomic E-state index is 5.60. The van der Waals surface area contributed by atoms with Gasteiger partial charge in [-0.3, -0.25) is 4.68 Å². The van der Waals surface area contributed by atoms with Gasteiger partial charge in [-0.1, -0.05) is 0 Å². The minimum absolute atomic E-state index is 0. The van der Waals surface area contributed by atoms with E-state index in [1.54, 1.807) is 11.8 Å². The molecule has 0 aliphatic carbocycles. The standard InChI is InChI=1S/C16H24N6O2.HI/c1-5-17-16(18-10-15-19-11-20-22(15)3)21-12-7-8-13(23-4)14(9-12)24-6-2;/h7-9,11H,5-6,10H2,1-4H3,(H2,17,18,21);1H. The summed E-state index contributed by atoms with van der Waals surface area (Å²) in [6.45, 7) is 5.70. The number of aromatic nitrogens is 3. The van der Waals surface area contributed by atoms with Crippen LogP contribution in [0.15, 0.2) is 29.5 Å². The molecule has 1 aromatic heterocycles. The number of nitrogens with zero attached hydrogens (tertiary/aromatic N) is 4. The van der Waals surface area contributed by atoms with Gasteiger partial charge in [-0.15, -0.1) is 24.0 Å². The predicted molar refractivity (Wildman–Crippen MR) is 109 cm³/mol. The van der Waals surface area contributed by atoms with Crippen LogP contribution in [-0.4, -0.2) is 41.0 Å². The van der Waals surface area contributed by atoms with E-state index in [1.165, 1.54) is 6.33 Å². The highest BCUT2D eigenvalue weighted by Crippen LogP contribution is 2.30. The molecule has 0 aliphatic heterocycles. The van der Waals surface area contributed by atoms with Gasteiger partial charge in [0.15, 0.2) is 17.5 Å². The third-order valence-corrected chi connectivity index (χ3v) is 3.25. The number of anilines is 1. The van der Waals surface area contributed by atoms with Gasteiger partial charge in [0.25, 0.3) is 0 Å². The molecule has 1 aromatic carbocycles. The molecule has 9 heteroatoms. The van der Waals surface area contributed by atoms with Crippen molar-refractivity contribution in [2.45, 2.75) is 20.4 Å². The van der Waals surface area contributed by atoms with Gasteiger partial charge in [0.05, 0.1) is 13.7 Å². The van der Waals surface area contributed by atoms with Crippen molar-refractivity contribution in [3.8, 4) is 11.5 Å². The van der Waals surface area contributed by atoms with Crippen molar-refractivity contribution >= 4 is 35.6 Å². The van der Waals surface area contributed by atoms with Crippen molar-refractivity contribution < 1.29 is 9.47 Å². The molecule has 0 amide bonds. The number of ether oxygens (including phenoxy) is 2. The van der Waals surface area contributed by atoms with Gasteiger partial charge in [0.2, 0.25) is 0 Å². The maximum Gasteiger partial charge on any atom is 0.196 e. The first-order valence-corrected chi connectivity index (χ1v) is 7.87. The Morgan fingerprint density at radius 3 is 2.68 bits per heavy atom. The summed E-state index contributed by atoms with van der Waals surface area (Å²) in [6.07, 6.45) is 1.52. The molecule has 138 valence electrons. The van der Waals surface area contributed by atoms with Gasteiger partial charge in [-0.2, -0.15) is 5.10 Å². The zero-order chi connectivity index (χ0) is 17.4. The van der Waals surface area contributed by atoms with Crippen LogP contribution in [0.2, 0.25) is 0 Å². The van der Waals surface area contributed by atoms with Crippen molar-refractivity contribution in [1.29, 1.82) is 0 Å². The van der Waals surface area contributed by atoms with E-state index in [9.17, 15) is 0 Å². The average molecular weight is 460 g/mol. The largest absolute Gasteiger partial charge is 0.493 e. The van der Waals surface area contributed by atoms with Gasteiger partial charge in [-0.05, 0) is 26.0 Å². The smallest absolute Gasteiger partial charge is 0.196 e. The van der Waals surface area contributed by atoms with Gasteiger partial charge < -0.3 is 20.1 Å². The quantitative estimate of drug-likeness (QED) is 0.375. The number of hydrogen-bond donors (Lipinski definition) is 2. The third-order valence-electron chi connectivity index (χ3n) is 3.25. The molecule has 2 aromatic rings. The Kier molecular flexibility index (Phi) is 9.03. The Morgan fingerprint density at radius 1 is 1.28 bits per heavy atom. The van der Waals surface area contributed by atoms with Crippen molar-refractivity contribution in [2.24, 2.45) is 12.0 Å². The van der Waals surface area contributed by atoms with E-state index < -0.39 is 0 Å². The highest BCUT2D eigenvalue weighted by Gasteiger charge is 2.07. The van der Waals surface area contributed by atoms with Crippen molar-refractivity contribution in [2.75, 3.05) is 25.6 Å². The molecule has 0 atom stereocenters. The highest BCUT2D eigenvalue weighted by atomic mass is 127. The third kappa shape index (κ3) is 6.07. The number of nitrogens with one attached hydrogen (secondary N) is 2. The van der Waals surface area contributed by atoms with Crippen LogP contribution >= 0.6 is 24.0 Å². The Bertz CT molecular complexity index is 689. The number of benzene rings is 1. The normalized spacial score (nSPS) is 10.8. The average Bonchev–Trinajstić information content (AvgIpc) is 2.98. The maximum absolute atomic E-state index is 5.60. The van der Waals surface area contributed by atoms with Crippen LogP contribution in [0.3, 0.4) is 0 Å². The first-order chi connectivity index (χ1) is 11.7. The molecule has 1 heterocycles. The molecule has 0 spiro atoms. The minimum atomic E-state index is 0. The van der Waals surface area contributed by atoms with Crippen molar-refractivity contribution in [3.63, 3.8) is 0 Å². The molecule has 8 nitrogen and oxygen atoms in total. The predicted octanol–water partition coefficient (Wildman–Crippen LogP) is 2.42. The van der Waals surface area contributed by atoms with Crippen molar-refractivity contribution in [1.82, 2.24) is 20.1 Å². The van der Waals surface area contributed by atoms with E-state index in [1.807, 2.05) is 39.1 Å². The van der Waals surface area contributed by atoms with Crippen LogP contribution in [0, 0.1) is 0 Å². The van der Waals surface area contributed by atoms with Crippen LogP contribution in [0.4, 0.5) is 5.69 Å². The molecule has 0 unspecified atom stereocenters. The topological polar surface area (TPSA) is 85.6 Å². The summed E-state index contributed by atoms with van der Waals surface area (Å²) >= 11 is 0. The molecule has 0 fully saturated rings. The molecule has 0 aliphatic rings. The SMILES string of the molecule is CCNC(=NCc1ncnn1C)Nc1ccc(OC)c(OCC)c1.I. The summed E-state index contributed by atoms with van der Waals surface area (Å²) in [5.74, 6) is 2.84. The van der Waals surface area contributed by atoms with Crippen LogP contribution < -0.4 is 20.1 Å². The second-order valence-electron chi connectivity index (χ2n) is 4.92. The monoisotopic (exact) mass is 460 g/mol. The van der Waals surface area contributed by atoms with E-state index in [-0.39, 0.29) is 24.0 Å². The summed E-state index contributed by atoms with van der Waals surface area (Å²) in [6, 6.07) is 5.66. The number of methoxy groups -OCH3 is 1. The summed E-state index contributed by atoms with van der Waals surface area (Å²) in [5, 5.41) is 10.5. The number of aryl methyl sites for hydroxylation is 1. The first-order valence-electron chi connectivity index (χ1n) is 7.87. The fourth-order valence-corrected chi connectivity index (χ4v) is 2.08. The summed E-state index contributed by atoms with van der Waals surface area (Å²) in [4.78, 5) is 8.70. The molecule has 0 radical (unpaired) electrons. The minimum Gasteiger partial charge on any atom is -0.493 e. The zero-order valence-electron chi connectivity index (χ0n) is 14.9. The van der Waals surface area contributed by atoms with E-state index in [0.717, 1.165) is 18.1 Å². The summed E-state index contributed by atoms with van der Waals surface area (Å²) < 4.78 is 12.6. The van der Waals surface area contributed by atoms with Crippen LogP contribution in [0.25, 0.3) is 0 Å². The lowest BCUT2D eigenvalue weighted by Crippen LogP contribution is -2.30. The van der Waals surface area contributed by atoms with Gasteiger partial charge in [-0.25, -0.2) is 9.98 Å². The lowest BCUT2D eigenvalue weighted by molar-refractivity contribution is 0.311. The van der Waals surface area contributed by atoms with Crippen LogP contribution in [0.5, 0.6) is 11.5 Å². The fraction of sp³-hybridized carbons (Fsp3) is 0.438. The molecular formula is C16H25IN6O2. The Morgan fingerprint density at radius 2 is 2.08 bits per heavy atom. The second kappa shape index (κ2) is 10.7. The molecule has 2 N–H and O–H groups in total. The molecule has 0 saturated heterocycles. The number of rotatable bonds is 7. The van der Waals surface area contributed by atoms with E-state index in [0.29, 0.717) is 30.6 Å². The first kappa shape index (κ1) is 21.0. The summed E-state index contributed by atoms with van der Waals surface area (Å²) in [5.41, 5.74) is 0.858. The number of halogens is 1.